The van der Waals surface area contributed by atoms with Gasteiger partial charge >= 0.3 is 0 Å². The first-order chi connectivity index (χ1) is 12.9. The molecule has 144 valence electrons. The highest BCUT2D eigenvalue weighted by molar-refractivity contribution is 7.91. The van der Waals surface area contributed by atoms with Gasteiger partial charge in [-0.15, -0.1) is 0 Å². The molecule has 0 N–H and O–H groups in total. The van der Waals surface area contributed by atoms with Gasteiger partial charge in [0, 0.05) is 11.1 Å². The molecule has 3 nitrogen and oxygen atoms in total. The van der Waals surface area contributed by atoms with Gasteiger partial charge in [-0.2, -0.15) is 0 Å². The van der Waals surface area contributed by atoms with Gasteiger partial charge in [-0.1, -0.05) is 55.7 Å². The highest BCUT2D eigenvalue weighted by Gasteiger charge is 2.25. The quantitative estimate of drug-likeness (QED) is 0.476. The van der Waals surface area contributed by atoms with Crippen molar-refractivity contribution < 1.29 is 13.2 Å². The number of fused-ring (bicyclic) bond motifs is 3. The minimum atomic E-state index is -2.90. The van der Waals surface area contributed by atoms with Crippen LogP contribution in [0, 0.1) is 0 Å². The van der Waals surface area contributed by atoms with E-state index in [9.17, 15) is 13.2 Å². The predicted octanol–water partition coefficient (Wildman–Crippen LogP) is 5.21. The molecule has 4 heteroatoms. The average molecular weight is 385 g/mol. The van der Waals surface area contributed by atoms with E-state index in [1.54, 1.807) is 13.8 Å². The van der Waals surface area contributed by atoms with Crippen LogP contribution in [0.3, 0.4) is 0 Å². The number of carbonyl (C=O) groups is 1. The van der Waals surface area contributed by atoms with Crippen LogP contribution in [-0.2, 0) is 16.3 Å². The molecule has 0 saturated carbocycles. The summed E-state index contributed by atoms with van der Waals surface area (Å²) >= 11 is 0. The molecular formula is C23H28O3S. The zero-order valence-electron chi connectivity index (χ0n) is 16.2. The standard InChI is InChI=1S/C23H28O3S/c1-17(2)27(25,26)15-9-5-3-4-6-10-18-13-14-20-19-11-7-8-12-21(19)23(24)22(20)16-18/h7-8,11-14,16-17H,3-6,9-10,15H2,1-2H3. The van der Waals surface area contributed by atoms with Crippen LogP contribution in [0.15, 0.2) is 42.5 Å². The Hall–Kier alpha value is -1.94. The zero-order valence-corrected chi connectivity index (χ0v) is 17.0. The van der Waals surface area contributed by atoms with Crippen LogP contribution >= 0.6 is 0 Å². The number of aryl methyl sites for hydroxylation is 1. The van der Waals surface area contributed by atoms with E-state index in [1.165, 1.54) is 5.56 Å². The fourth-order valence-electron chi connectivity index (χ4n) is 3.63. The molecule has 0 unspecified atom stereocenters. The fourth-order valence-corrected chi connectivity index (χ4v) is 4.71. The first-order valence-corrected chi connectivity index (χ1v) is 11.6. The summed E-state index contributed by atoms with van der Waals surface area (Å²) in [5.74, 6) is 0.437. The molecule has 0 aromatic heterocycles. The lowest BCUT2D eigenvalue weighted by Crippen LogP contribution is -2.17. The molecule has 0 radical (unpaired) electrons. The van der Waals surface area contributed by atoms with E-state index in [1.807, 2.05) is 30.3 Å². The maximum absolute atomic E-state index is 12.6. The maximum atomic E-state index is 12.6. The Kier molecular flexibility index (Phi) is 6.15. The lowest BCUT2D eigenvalue weighted by Gasteiger charge is -2.07. The zero-order chi connectivity index (χ0) is 19.4. The van der Waals surface area contributed by atoms with Gasteiger partial charge in [0.15, 0.2) is 15.6 Å². The molecule has 27 heavy (non-hydrogen) atoms. The highest BCUT2D eigenvalue weighted by Crippen LogP contribution is 2.36. The van der Waals surface area contributed by atoms with Crippen molar-refractivity contribution in [3.8, 4) is 11.1 Å². The smallest absolute Gasteiger partial charge is 0.194 e. The van der Waals surface area contributed by atoms with Gasteiger partial charge in [0.25, 0.3) is 0 Å². The van der Waals surface area contributed by atoms with Crippen molar-refractivity contribution in [2.75, 3.05) is 5.75 Å². The molecule has 3 rings (SSSR count). The van der Waals surface area contributed by atoms with Gasteiger partial charge in [0.05, 0.1) is 11.0 Å². The first-order valence-electron chi connectivity index (χ1n) is 9.89. The third kappa shape index (κ3) is 4.49. The van der Waals surface area contributed by atoms with Crippen LogP contribution in [0.4, 0.5) is 0 Å². The molecule has 0 saturated heterocycles. The van der Waals surface area contributed by atoms with E-state index >= 15 is 0 Å². The average Bonchev–Trinajstić information content (AvgIpc) is 2.93. The Morgan fingerprint density at radius 3 is 2.15 bits per heavy atom. The number of unbranched alkanes of at least 4 members (excludes halogenated alkanes) is 4. The summed E-state index contributed by atoms with van der Waals surface area (Å²) in [6, 6.07) is 14.0. The van der Waals surface area contributed by atoms with Gasteiger partial charge in [0.2, 0.25) is 0 Å². The number of benzene rings is 2. The number of hydrogen-bond donors (Lipinski definition) is 0. The van der Waals surface area contributed by atoms with Crippen molar-refractivity contribution in [3.05, 3.63) is 59.2 Å². The largest absolute Gasteiger partial charge is 0.289 e. The van der Waals surface area contributed by atoms with Crippen molar-refractivity contribution in [2.24, 2.45) is 0 Å². The minimum Gasteiger partial charge on any atom is -0.289 e. The highest BCUT2D eigenvalue weighted by atomic mass is 32.2. The van der Waals surface area contributed by atoms with E-state index < -0.39 is 9.84 Å². The Labute approximate surface area is 162 Å². The summed E-state index contributed by atoms with van der Waals surface area (Å²) in [5.41, 5.74) is 4.93. The van der Waals surface area contributed by atoms with Gasteiger partial charge in [-0.25, -0.2) is 8.42 Å². The molecule has 2 aromatic rings. The summed E-state index contributed by atoms with van der Waals surface area (Å²) in [4.78, 5) is 12.6. The molecule has 0 amide bonds. The normalized spacial score (nSPS) is 13.1. The molecule has 0 atom stereocenters. The topological polar surface area (TPSA) is 51.2 Å². The molecule has 1 aliphatic carbocycles. The summed E-state index contributed by atoms with van der Waals surface area (Å²) in [5, 5.41) is -0.272. The van der Waals surface area contributed by atoms with Crippen molar-refractivity contribution in [2.45, 2.75) is 57.6 Å². The SMILES string of the molecule is CC(C)S(=O)(=O)CCCCCCCc1ccc2c(c1)C(=O)c1ccccc1-2. The molecule has 0 fully saturated rings. The summed E-state index contributed by atoms with van der Waals surface area (Å²) in [6.45, 7) is 3.49. The molecule has 1 aliphatic rings. The second-order valence-corrected chi connectivity index (χ2v) is 10.4. The van der Waals surface area contributed by atoms with E-state index in [0.29, 0.717) is 5.75 Å². The van der Waals surface area contributed by atoms with Crippen LogP contribution in [0.25, 0.3) is 11.1 Å². The van der Waals surface area contributed by atoms with Crippen molar-refractivity contribution in [1.29, 1.82) is 0 Å². The third-order valence-corrected chi connectivity index (χ3v) is 7.70. The molecule has 2 aromatic carbocycles. The number of rotatable bonds is 9. The van der Waals surface area contributed by atoms with Gasteiger partial charge in [0.1, 0.15) is 0 Å². The molecule has 0 bridgehead atoms. The fraction of sp³-hybridized carbons (Fsp3) is 0.435. The van der Waals surface area contributed by atoms with E-state index in [2.05, 4.69) is 12.1 Å². The molecule has 0 aliphatic heterocycles. The summed E-state index contributed by atoms with van der Waals surface area (Å²) in [7, 11) is -2.90. The number of sulfone groups is 1. The number of carbonyl (C=O) groups excluding carboxylic acids is 1. The number of hydrogen-bond acceptors (Lipinski definition) is 3. The van der Waals surface area contributed by atoms with Gasteiger partial charge in [-0.3, -0.25) is 4.79 Å². The van der Waals surface area contributed by atoms with Crippen LogP contribution < -0.4 is 0 Å². The van der Waals surface area contributed by atoms with Crippen LogP contribution in [0.5, 0.6) is 0 Å². The lowest BCUT2D eigenvalue weighted by atomic mass is 10.00. The Morgan fingerprint density at radius 1 is 0.778 bits per heavy atom. The minimum absolute atomic E-state index is 0.133. The second-order valence-electron chi connectivity index (χ2n) is 7.69. The van der Waals surface area contributed by atoms with Gasteiger partial charge in [-0.05, 0) is 55.9 Å². The summed E-state index contributed by atoms with van der Waals surface area (Å²) < 4.78 is 23.6. The number of ketones is 1. The monoisotopic (exact) mass is 384 g/mol. The second kappa shape index (κ2) is 8.39. The van der Waals surface area contributed by atoms with Gasteiger partial charge < -0.3 is 0 Å². The van der Waals surface area contributed by atoms with E-state index in [-0.39, 0.29) is 11.0 Å². The van der Waals surface area contributed by atoms with E-state index in [4.69, 9.17) is 0 Å². The Morgan fingerprint density at radius 2 is 1.41 bits per heavy atom. The lowest BCUT2D eigenvalue weighted by molar-refractivity contribution is 0.104. The first kappa shape index (κ1) is 19.8. The van der Waals surface area contributed by atoms with E-state index in [0.717, 1.165) is 60.8 Å². The molecular weight excluding hydrogens is 356 g/mol. The molecule has 0 heterocycles. The Bertz CT molecular complexity index is 926. The maximum Gasteiger partial charge on any atom is 0.194 e. The summed E-state index contributed by atoms with van der Waals surface area (Å²) in [6.07, 6.45) is 5.89. The van der Waals surface area contributed by atoms with Crippen LogP contribution in [-0.4, -0.2) is 25.2 Å². The van der Waals surface area contributed by atoms with Crippen LogP contribution in [0.1, 0.15) is 67.4 Å². The van der Waals surface area contributed by atoms with Crippen molar-refractivity contribution in [3.63, 3.8) is 0 Å². The van der Waals surface area contributed by atoms with Crippen molar-refractivity contribution in [1.82, 2.24) is 0 Å². The van der Waals surface area contributed by atoms with Crippen molar-refractivity contribution >= 4 is 15.6 Å². The predicted molar refractivity (Wildman–Crippen MR) is 111 cm³/mol. The van der Waals surface area contributed by atoms with Crippen LogP contribution in [0.2, 0.25) is 0 Å². The molecule has 0 spiro atoms. The Balaban J connectivity index is 1.45. The third-order valence-electron chi connectivity index (χ3n) is 5.40.